The molecule has 1 amide bonds. The van der Waals surface area contributed by atoms with E-state index in [1.54, 1.807) is 17.3 Å². The van der Waals surface area contributed by atoms with E-state index in [9.17, 15) is 15.2 Å². The number of amides is 1. The normalized spacial score (nSPS) is 26.0. The van der Waals surface area contributed by atoms with E-state index in [1.807, 2.05) is 46.7 Å². The first kappa shape index (κ1) is 36.8. The summed E-state index contributed by atoms with van der Waals surface area (Å²) in [5, 5.41) is 27.6. The number of nitriles is 1. The second kappa shape index (κ2) is 14.2. The number of oxime groups is 1. The van der Waals surface area contributed by atoms with E-state index in [0.717, 1.165) is 49.1 Å². The molecule has 0 saturated carbocycles. The van der Waals surface area contributed by atoms with E-state index in [4.69, 9.17) is 24.3 Å². The summed E-state index contributed by atoms with van der Waals surface area (Å²) >= 11 is 1.54. The number of hydrogen-bond acceptors (Lipinski definition) is 13. The average molecular weight is 722 g/mol. The lowest BCUT2D eigenvalue weighted by Gasteiger charge is -2.36. The van der Waals surface area contributed by atoms with Crippen molar-refractivity contribution in [2.45, 2.75) is 102 Å². The Labute approximate surface area is 304 Å². The lowest BCUT2D eigenvalue weighted by Crippen LogP contribution is -2.50. The standard InChI is InChI=1S/C36H51N9O5S/c1-23(25-11-10-14-43(25)8)48-29-19-28(44-15-17-45(18-16-44)33(46)49-34(2,3)4)39-32(40-29)36(47)20-27(41-50-36)35(5)13-9-12-26-30(35)24(21-37)31(51-26)38-22-42(6)7/h19,22-23,25,47H,9-18,20H2,1-8H3/b38-22+/t23-,25-,35?,36?/m0/s1. The number of hydrogen-bond donors (Lipinski definition) is 1. The quantitative estimate of drug-likeness (QED) is 0.297. The van der Waals surface area contributed by atoms with Gasteiger partial charge in [0.15, 0.2) is 0 Å². The van der Waals surface area contributed by atoms with Crippen molar-refractivity contribution in [2.24, 2.45) is 10.1 Å². The minimum absolute atomic E-state index is 0.0240. The van der Waals surface area contributed by atoms with E-state index in [1.165, 1.54) is 11.3 Å². The number of aromatic nitrogens is 2. The Hall–Kier alpha value is -4.00. The van der Waals surface area contributed by atoms with E-state index >= 15 is 0 Å². The highest BCUT2D eigenvalue weighted by Crippen LogP contribution is 2.51. The van der Waals surface area contributed by atoms with Crippen LogP contribution < -0.4 is 9.64 Å². The third kappa shape index (κ3) is 7.64. The molecule has 0 bridgehead atoms. The SMILES string of the molecule is C[C@H](Oc1cc(N2CCN(C(=O)OC(C)(C)C)CC2)nc(C2(O)CC(C3(C)CCCc4sc(/N=C/N(C)C)c(C#N)c43)=NO2)n1)[C@@H]1CCCN1C. The van der Waals surface area contributed by atoms with Gasteiger partial charge in [-0.15, -0.1) is 11.3 Å². The van der Waals surface area contributed by atoms with Crippen LogP contribution in [0.3, 0.4) is 0 Å². The molecule has 276 valence electrons. The van der Waals surface area contributed by atoms with Gasteiger partial charge in [-0.2, -0.15) is 10.2 Å². The van der Waals surface area contributed by atoms with Crippen LogP contribution in [0.2, 0.25) is 0 Å². The molecule has 2 aromatic heterocycles. The number of piperazine rings is 1. The Morgan fingerprint density at radius 2 is 1.98 bits per heavy atom. The summed E-state index contributed by atoms with van der Waals surface area (Å²) in [7, 11) is 5.89. The van der Waals surface area contributed by atoms with Crippen LogP contribution in [-0.2, 0) is 27.2 Å². The summed E-state index contributed by atoms with van der Waals surface area (Å²) in [5.74, 6) is -1.00. The molecule has 0 aromatic carbocycles. The summed E-state index contributed by atoms with van der Waals surface area (Å²) in [5.41, 5.74) is 0.851. The van der Waals surface area contributed by atoms with Crippen LogP contribution in [0.5, 0.6) is 5.88 Å². The minimum atomic E-state index is -1.95. The fraction of sp³-hybridized carbons (Fsp3) is 0.667. The average Bonchev–Trinajstić information content (AvgIpc) is 3.80. The Morgan fingerprint density at radius 1 is 1.24 bits per heavy atom. The van der Waals surface area contributed by atoms with Crippen LogP contribution in [0.25, 0.3) is 0 Å². The largest absolute Gasteiger partial charge is 0.473 e. The van der Waals surface area contributed by atoms with E-state index in [-0.39, 0.29) is 30.5 Å². The number of nitrogens with zero attached hydrogens (tertiary/aromatic N) is 9. The molecule has 0 spiro atoms. The molecule has 6 rings (SSSR count). The topological polar surface area (TPSA) is 152 Å². The van der Waals surface area contributed by atoms with Crippen molar-refractivity contribution in [2.75, 3.05) is 58.8 Å². The first-order valence-electron chi connectivity index (χ1n) is 17.8. The van der Waals surface area contributed by atoms with Gasteiger partial charge in [0.05, 0.1) is 24.0 Å². The molecular weight excluding hydrogens is 671 g/mol. The maximum atomic E-state index is 12.8. The van der Waals surface area contributed by atoms with Gasteiger partial charge in [-0.3, -0.25) is 4.90 Å². The first-order valence-corrected chi connectivity index (χ1v) is 18.7. The molecule has 0 radical (unpaired) electrons. The highest BCUT2D eigenvalue weighted by atomic mass is 32.1. The van der Waals surface area contributed by atoms with Crippen LogP contribution in [0.4, 0.5) is 15.6 Å². The molecule has 14 nitrogen and oxygen atoms in total. The zero-order valence-corrected chi connectivity index (χ0v) is 31.9. The molecule has 4 aliphatic rings. The lowest BCUT2D eigenvalue weighted by atomic mass is 9.68. The smallest absolute Gasteiger partial charge is 0.410 e. The van der Waals surface area contributed by atoms with Crippen molar-refractivity contribution < 1.29 is 24.2 Å². The summed E-state index contributed by atoms with van der Waals surface area (Å²) in [6.07, 6.45) is 5.84. The van der Waals surface area contributed by atoms with Gasteiger partial charge in [0.2, 0.25) is 11.7 Å². The van der Waals surface area contributed by atoms with Gasteiger partial charge in [0, 0.05) is 62.7 Å². The number of thiophene rings is 1. The molecule has 2 saturated heterocycles. The second-order valence-electron chi connectivity index (χ2n) is 15.5. The molecule has 2 aromatic rings. The maximum absolute atomic E-state index is 12.8. The van der Waals surface area contributed by atoms with Gasteiger partial charge in [-0.25, -0.2) is 14.8 Å². The van der Waals surface area contributed by atoms with Gasteiger partial charge in [0.25, 0.3) is 0 Å². The Kier molecular flexibility index (Phi) is 10.2. The van der Waals surface area contributed by atoms with Crippen LogP contribution >= 0.6 is 11.3 Å². The van der Waals surface area contributed by atoms with Crippen molar-refractivity contribution in [1.29, 1.82) is 5.26 Å². The maximum Gasteiger partial charge on any atom is 0.410 e. The highest BCUT2D eigenvalue weighted by molar-refractivity contribution is 7.16. The molecule has 1 aliphatic carbocycles. The monoisotopic (exact) mass is 721 g/mol. The number of aryl methyl sites for hydroxylation is 1. The van der Waals surface area contributed by atoms with Crippen molar-refractivity contribution in [3.8, 4) is 11.9 Å². The molecule has 2 fully saturated rings. The number of carbonyl (C=O) groups is 1. The predicted molar refractivity (Wildman–Crippen MR) is 196 cm³/mol. The van der Waals surface area contributed by atoms with Crippen LogP contribution in [0, 0.1) is 11.3 Å². The molecule has 5 heterocycles. The molecule has 15 heteroatoms. The fourth-order valence-corrected chi connectivity index (χ4v) is 8.75. The number of carbonyl (C=O) groups excluding carboxylic acids is 1. The van der Waals surface area contributed by atoms with E-state index in [2.05, 4.69) is 40.0 Å². The summed E-state index contributed by atoms with van der Waals surface area (Å²) in [4.78, 5) is 41.9. The highest BCUT2D eigenvalue weighted by Gasteiger charge is 2.51. The Bertz CT molecular complexity index is 1720. The van der Waals surface area contributed by atoms with Gasteiger partial charge in [-0.1, -0.05) is 5.16 Å². The van der Waals surface area contributed by atoms with Gasteiger partial charge in [-0.05, 0) is 85.9 Å². The third-order valence-electron chi connectivity index (χ3n) is 10.2. The summed E-state index contributed by atoms with van der Waals surface area (Å²) in [6.45, 7) is 12.6. The van der Waals surface area contributed by atoms with Gasteiger partial charge < -0.3 is 34.1 Å². The summed E-state index contributed by atoms with van der Waals surface area (Å²) in [6, 6.07) is 4.44. The number of aliphatic hydroxyl groups is 1. The number of aliphatic imine (C=N–C) groups is 1. The molecule has 51 heavy (non-hydrogen) atoms. The molecule has 2 unspecified atom stereocenters. The molecule has 3 aliphatic heterocycles. The van der Waals surface area contributed by atoms with Crippen molar-refractivity contribution in [3.05, 3.63) is 27.9 Å². The molecular formula is C36H51N9O5S. The van der Waals surface area contributed by atoms with E-state index < -0.39 is 16.8 Å². The minimum Gasteiger partial charge on any atom is -0.473 e. The number of anilines is 1. The predicted octanol–water partition coefficient (Wildman–Crippen LogP) is 4.77. The number of likely N-dealkylation sites (tertiary alicyclic amines) is 1. The Morgan fingerprint density at radius 3 is 2.63 bits per heavy atom. The van der Waals surface area contributed by atoms with Gasteiger partial charge >= 0.3 is 11.9 Å². The fourth-order valence-electron chi connectivity index (χ4n) is 7.49. The number of likely N-dealkylation sites (N-methyl/N-ethyl adjacent to an activating group) is 1. The van der Waals surface area contributed by atoms with Crippen molar-refractivity contribution >= 4 is 40.3 Å². The van der Waals surface area contributed by atoms with Crippen LogP contribution in [-0.4, -0.2) is 120 Å². The molecule has 1 N–H and O–H groups in total. The summed E-state index contributed by atoms with van der Waals surface area (Å²) < 4.78 is 12.1. The van der Waals surface area contributed by atoms with E-state index in [0.29, 0.717) is 54.2 Å². The zero-order valence-electron chi connectivity index (χ0n) is 31.1. The van der Waals surface area contributed by atoms with Crippen molar-refractivity contribution in [1.82, 2.24) is 24.7 Å². The Balaban J connectivity index is 1.28. The molecule has 4 atom stereocenters. The van der Waals surface area contributed by atoms with Crippen LogP contribution in [0.1, 0.15) is 88.6 Å². The zero-order chi connectivity index (χ0) is 36.7. The number of ether oxygens (including phenoxy) is 2. The van der Waals surface area contributed by atoms with Gasteiger partial charge in [0.1, 0.15) is 28.6 Å². The number of fused-ring (bicyclic) bond motifs is 1. The number of rotatable bonds is 8. The lowest BCUT2D eigenvalue weighted by molar-refractivity contribution is -0.199. The third-order valence-corrected chi connectivity index (χ3v) is 11.3. The van der Waals surface area contributed by atoms with Crippen LogP contribution in [0.15, 0.2) is 16.2 Å². The first-order chi connectivity index (χ1) is 24.1. The second-order valence-corrected chi connectivity index (χ2v) is 16.6. The van der Waals surface area contributed by atoms with Crippen molar-refractivity contribution in [3.63, 3.8) is 0 Å².